The third-order valence-electron chi connectivity index (χ3n) is 2.41. The number of anilines is 1. The van der Waals surface area contributed by atoms with Crippen molar-refractivity contribution >= 4 is 21.6 Å². The number of primary amides is 1. The lowest BCUT2D eigenvalue weighted by atomic mass is 10.2. The van der Waals surface area contributed by atoms with E-state index < -0.39 is 15.9 Å². The van der Waals surface area contributed by atoms with E-state index in [9.17, 15) is 13.2 Å². The molecule has 0 radical (unpaired) electrons. The number of nitrogens with one attached hydrogen (secondary N) is 1. The van der Waals surface area contributed by atoms with Gasteiger partial charge in [0, 0.05) is 11.3 Å². The van der Waals surface area contributed by atoms with Crippen molar-refractivity contribution < 1.29 is 13.2 Å². The Morgan fingerprint density at radius 3 is 2.24 bits per heavy atom. The smallest absolute Gasteiger partial charge is 0.261 e. The van der Waals surface area contributed by atoms with Crippen LogP contribution in [0.2, 0.25) is 0 Å². The zero-order valence-electron chi connectivity index (χ0n) is 11.3. The monoisotopic (exact) mass is 304 g/mol. The highest BCUT2D eigenvalue weighted by Crippen LogP contribution is 2.16. The lowest BCUT2D eigenvalue weighted by Gasteiger charge is -2.08. The van der Waals surface area contributed by atoms with E-state index in [4.69, 9.17) is 5.73 Å². The summed E-state index contributed by atoms with van der Waals surface area (Å²) in [7, 11) is -3.75. The third kappa shape index (κ3) is 4.77. The minimum Gasteiger partial charge on any atom is -0.366 e. The van der Waals surface area contributed by atoms with Crippen LogP contribution in [0.3, 0.4) is 0 Å². The lowest BCUT2D eigenvalue weighted by Crippen LogP contribution is -2.15. The Morgan fingerprint density at radius 2 is 1.76 bits per heavy atom. The quantitative estimate of drug-likeness (QED) is 0.758. The zero-order valence-corrected chi connectivity index (χ0v) is 12.1. The SMILES string of the molecule is C=C/C=C\C(=C/C=C)S(=O)(=O)Nc1ccc(C(N)=O)cc1. The van der Waals surface area contributed by atoms with Crippen LogP contribution in [0, 0.1) is 0 Å². The van der Waals surface area contributed by atoms with Crippen molar-refractivity contribution in [2.24, 2.45) is 5.73 Å². The molecule has 0 bridgehead atoms. The summed E-state index contributed by atoms with van der Waals surface area (Å²) < 4.78 is 26.8. The van der Waals surface area contributed by atoms with E-state index >= 15 is 0 Å². The molecule has 1 rings (SSSR count). The number of allylic oxidation sites excluding steroid dienone is 5. The average Bonchev–Trinajstić information content (AvgIpc) is 2.43. The fourth-order valence-electron chi connectivity index (χ4n) is 1.43. The summed E-state index contributed by atoms with van der Waals surface area (Å²) in [6.45, 7) is 6.97. The summed E-state index contributed by atoms with van der Waals surface area (Å²) in [6.07, 6.45) is 7.10. The summed E-state index contributed by atoms with van der Waals surface area (Å²) in [5, 5.41) is 0. The highest BCUT2D eigenvalue weighted by atomic mass is 32.2. The van der Waals surface area contributed by atoms with Crippen molar-refractivity contribution in [2.45, 2.75) is 0 Å². The van der Waals surface area contributed by atoms with E-state index in [2.05, 4.69) is 17.9 Å². The van der Waals surface area contributed by atoms with Gasteiger partial charge in [-0.1, -0.05) is 31.4 Å². The first-order chi connectivity index (χ1) is 9.90. The van der Waals surface area contributed by atoms with Crippen molar-refractivity contribution in [2.75, 3.05) is 4.72 Å². The normalized spacial score (nSPS) is 12.1. The Kier molecular flexibility index (Phi) is 5.68. The first-order valence-electron chi connectivity index (χ1n) is 5.95. The van der Waals surface area contributed by atoms with E-state index in [1.165, 1.54) is 54.6 Å². The van der Waals surface area contributed by atoms with Gasteiger partial charge in [-0.2, -0.15) is 0 Å². The zero-order chi connectivity index (χ0) is 15.9. The Balaban J connectivity index is 3.05. The molecule has 0 unspecified atom stereocenters. The lowest BCUT2D eigenvalue weighted by molar-refractivity contribution is 0.100. The second-order valence-electron chi connectivity index (χ2n) is 3.95. The molecule has 21 heavy (non-hydrogen) atoms. The van der Waals surface area contributed by atoms with E-state index in [0.717, 1.165) is 0 Å². The van der Waals surface area contributed by atoms with E-state index in [-0.39, 0.29) is 4.91 Å². The maximum Gasteiger partial charge on any atom is 0.261 e. The van der Waals surface area contributed by atoms with Gasteiger partial charge in [0.25, 0.3) is 10.0 Å². The van der Waals surface area contributed by atoms with Crippen LogP contribution in [-0.2, 0) is 10.0 Å². The highest BCUT2D eigenvalue weighted by molar-refractivity contribution is 7.96. The molecular weight excluding hydrogens is 288 g/mol. The van der Waals surface area contributed by atoms with Gasteiger partial charge in [-0.05, 0) is 36.4 Å². The van der Waals surface area contributed by atoms with Gasteiger partial charge in [0.2, 0.25) is 5.91 Å². The molecule has 1 amide bonds. The molecule has 0 saturated carbocycles. The molecule has 110 valence electrons. The number of hydrogen-bond donors (Lipinski definition) is 2. The number of carbonyl (C=O) groups is 1. The minimum absolute atomic E-state index is 0.0383. The van der Waals surface area contributed by atoms with E-state index in [0.29, 0.717) is 11.3 Å². The second-order valence-corrected chi connectivity index (χ2v) is 5.63. The standard InChI is InChI=1S/C15H16N2O3S/c1-3-5-7-14(6-4-2)21(19,20)17-13-10-8-12(9-11-13)15(16)18/h3-11,17H,1-2H2,(H2,16,18)/b7-5-,14-6+. The fourth-order valence-corrected chi connectivity index (χ4v) is 2.53. The summed E-state index contributed by atoms with van der Waals surface area (Å²) in [5.74, 6) is -0.578. The fraction of sp³-hybridized carbons (Fsp3) is 0. The Hall–Kier alpha value is -2.60. The van der Waals surface area contributed by atoms with Crippen molar-refractivity contribution in [3.63, 3.8) is 0 Å². The largest absolute Gasteiger partial charge is 0.366 e. The molecule has 0 aliphatic rings. The van der Waals surface area contributed by atoms with Crippen molar-refractivity contribution in [3.05, 3.63) is 78.3 Å². The molecule has 0 heterocycles. The van der Waals surface area contributed by atoms with Crippen LogP contribution in [0.5, 0.6) is 0 Å². The number of rotatable bonds is 7. The number of carbonyl (C=O) groups excluding carboxylic acids is 1. The first kappa shape index (κ1) is 16.5. The highest BCUT2D eigenvalue weighted by Gasteiger charge is 2.14. The van der Waals surface area contributed by atoms with E-state index in [1.54, 1.807) is 0 Å². The molecule has 0 spiro atoms. The summed E-state index contributed by atoms with van der Waals surface area (Å²) in [5.41, 5.74) is 5.74. The second kappa shape index (κ2) is 7.25. The summed E-state index contributed by atoms with van der Waals surface area (Å²) >= 11 is 0. The Morgan fingerprint density at radius 1 is 1.14 bits per heavy atom. The van der Waals surface area contributed by atoms with Crippen LogP contribution in [-0.4, -0.2) is 14.3 Å². The number of sulfonamides is 1. The third-order valence-corrected chi connectivity index (χ3v) is 3.81. The molecule has 0 saturated heterocycles. The Bertz CT molecular complexity index is 699. The molecule has 1 aromatic carbocycles. The van der Waals surface area contributed by atoms with Crippen molar-refractivity contribution in [1.29, 1.82) is 0 Å². The molecule has 1 aromatic rings. The molecule has 6 heteroatoms. The summed E-state index contributed by atoms with van der Waals surface area (Å²) in [6, 6.07) is 5.80. The molecule has 3 N–H and O–H groups in total. The van der Waals surface area contributed by atoms with Crippen LogP contribution in [0.25, 0.3) is 0 Å². The topological polar surface area (TPSA) is 89.3 Å². The predicted molar refractivity (Wildman–Crippen MR) is 85.1 cm³/mol. The van der Waals surface area contributed by atoms with Gasteiger partial charge in [-0.3, -0.25) is 9.52 Å². The summed E-state index contributed by atoms with van der Waals surface area (Å²) in [4.78, 5) is 11.0. The van der Waals surface area contributed by atoms with Crippen LogP contribution in [0.4, 0.5) is 5.69 Å². The van der Waals surface area contributed by atoms with Gasteiger partial charge in [0.05, 0.1) is 4.91 Å². The molecule has 5 nitrogen and oxygen atoms in total. The van der Waals surface area contributed by atoms with Gasteiger partial charge in [-0.15, -0.1) is 0 Å². The number of benzene rings is 1. The maximum absolute atomic E-state index is 12.2. The van der Waals surface area contributed by atoms with Gasteiger partial charge in [0.15, 0.2) is 0 Å². The molecule has 0 aliphatic heterocycles. The van der Waals surface area contributed by atoms with Gasteiger partial charge in [-0.25, -0.2) is 8.42 Å². The van der Waals surface area contributed by atoms with Gasteiger partial charge in [0.1, 0.15) is 0 Å². The van der Waals surface area contributed by atoms with Crippen LogP contribution < -0.4 is 10.5 Å². The molecule has 0 aliphatic carbocycles. The molecule has 0 fully saturated rings. The number of nitrogens with two attached hydrogens (primary N) is 1. The van der Waals surface area contributed by atoms with Gasteiger partial charge < -0.3 is 5.73 Å². The van der Waals surface area contributed by atoms with E-state index in [1.807, 2.05) is 0 Å². The molecule has 0 atom stereocenters. The van der Waals surface area contributed by atoms with Crippen LogP contribution in [0.15, 0.2) is 72.7 Å². The maximum atomic E-state index is 12.2. The van der Waals surface area contributed by atoms with Gasteiger partial charge >= 0.3 is 0 Å². The molecule has 0 aromatic heterocycles. The number of hydrogen-bond acceptors (Lipinski definition) is 3. The predicted octanol–water partition coefficient (Wildman–Crippen LogP) is 2.34. The number of amides is 1. The van der Waals surface area contributed by atoms with Crippen LogP contribution in [0.1, 0.15) is 10.4 Å². The van der Waals surface area contributed by atoms with Crippen molar-refractivity contribution in [3.8, 4) is 0 Å². The Labute approximate surface area is 124 Å². The van der Waals surface area contributed by atoms with Crippen LogP contribution >= 0.6 is 0 Å². The minimum atomic E-state index is -3.75. The van der Waals surface area contributed by atoms with Crippen molar-refractivity contribution in [1.82, 2.24) is 0 Å². The first-order valence-corrected chi connectivity index (χ1v) is 7.43. The molecular formula is C15H16N2O3S. The average molecular weight is 304 g/mol.